The third-order valence-corrected chi connectivity index (χ3v) is 0.916. The molecule has 0 spiro atoms. The summed E-state index contributed by atoms with van der Waals surface area (Å²) in [5.74, 6) is 0. The Bertz CT molecular complexity index is 153. The summed E-state index contributed by atoms with van der Waals surface area (Å²) in [5.41, 5.74) is 0.453. The maximum absolute atomic E-state index is 8.50. The van der Waals surface area contributed by atoms with E-state index in [0.717, 1.165) is 0 Å². The Morgan fingerprint density at radius 2 is 2.20 bits per heavy atom. The first-order valence-corrected chi connectivity index (χ1v) is 2.66. The Morgan fingerprint density at radius 3 is 2.50 bits per heavy atom. The van der Waals surface area contributed by atoms with Gasteiger partial charge >= 0.3 is 0 Å². The standard InChI is InChI=1S/C5H10N2O3/c1-4(7-10-2)5(3-8)6-9/h8-9H,3H2,1-2H3/b6-5+,7-4-. The maximum atomic E-state index is 8.50. The quantitative estimate of drug-likeness (QED) is 0.330. The third kappa shape index (κ3) is 2.45. The van der Waals surface area contributed by atoms with Gasteiger partial charge in [0.05, 0.1) is 6.61 Å². The zero-order chi connectivity index (χ0) is 7.98. The van der Waals surface area contributed by atoms with Crippen molar-refractivity contribution in [3.63, 3.8) is 0 Å². The second kappa shape index (κ2) is 4.75. The summed E-state index contributed by atoms with van der Waals surface area (Å²) in [6.07, 6.45) is 0. The average molecular weight is 146 g/mol. The highest BCUT2D eigenvalue weighted by Gasteiger charge is 2.01. The molecule has 0 aromatic rings. The van der Waals surface area contributed by atoms with E-state index in [2.05, 4.69) is 15.1 Å². The lowest BCUT2D eigenvalue weighted by Crippen LogP contribution is -2.15. The number of hydrogen-bond donors (Lipinski definition) is 2. The van der Waals surface area contributed by atoms with Crippen molar-refractivity contribution in [2.45, 2.75) is 6.92 Å². The van der Waals surface area contributed by atoms with Crippen LogP contribution >= 0.6 is 0 Å². The zero-order valence-electron chi connectivity index (χ0n) is 5.90. The minimum Gasteiger partial charge on any atom is -0.411 e. The van der Waals surface area contributed by atoms with Crippen LogP contribution in [0, 0.1) is 0 Å². The van der Waals surface area contributed by atoms with E-state index < -0.39 is 0 Å². The van der Waals surface area contributed by atoms with Gasteiger partial charge in [-0.2, -0.15) is 0 Å². The zero-order valence-corrected chi connectivity index (χ0v) is 5.90. The molecule has 0 atom stereocenters. The lowest BCUT2D eigenvalue weighted by atomic mass is 10.3. The molecule has 0 aromatic carbocycles. The van der Waals surface area contributed by atoms with Crippen molar-refractivity contribution in [2.24, 2.45) is 10.3 Å². The average Bonchev–Trinajstić information content (AvgIpc) is 1.91. The number of hydrogen-bond acceptors (Lipinski definition) is 5. The molecule has 0 aliphatic heterocycles. The molecule has 0 aromatic heterocycles. The van der Waals surface area contributed by atoms with Gasteiger partial charge in [0.15, 0.2) is 0 Å². The topological polar surface area (TPSA) is 74.4 Å². The van der Waals surface area contributed by atoms with E-state index in [1.165, 1.54) is 7.11 Å². The number of aliphatic hydroxyl groups is 1. The van der Waals surface area contributed by atoms with E-state index in [9.17, 15) is 0 Å². The van der Waals surface area contributed by atoms with Crippen LogP contribution in [0.4, 0.5) is 0 Å². The SMILES string of the molecule is CO/N=C(C)\C(CO)=N\O. The summed E-state index contributed by atoms with van der Waals surface area (Å²) in [6.45, 7) is 1.21. The van der Waals surface area contributed by atoms with Crippen LogP contribution in [0.15, 0.2) is 10.3 Å². The fourth-order valence-corrected chi connectivity index (χ4v) is 0.408. The van der Waals surface area contributed by atoms with Crippen molar-refractivity contribution in [3.05, 3.63) is 0 Å². The van der Waals surface area contributed by atoms with E-state index in [-0.39, 0.29) is 12.3 Å². The first kappa shape index (κ1) is 8.90. The normalized spacial score (nSPS) is 13.5. The van der Waals surface area contributed by atoms with Crippen molar-refractivity contribution in [1.29, 1.82) is 0 Å². The Balaban J connectivity index is 4.16. The third-order valence-electron chi connectivity index (χ3n) is 0.916. The van der Waals surface area contributed by atoms with Crippen molar-refractivity contribution in [3.8, 4) is 0 Å². The molecule has 0 saturated carbocycles. The van der Waals surface area contributed by atoms with Crippen LogP contribution in [0.3, 0.4) is 0 Å². The van der Waals surface area contributed by atoms with E-state index in [4.69, 9.17) is 10.3 Å². The highest BCUT2D eigenvalue weighted by Crippen LogP contribution is 1.83. The van der Waals surface area contributed by atoms with Crippen LogP contribution in [0.5, 0.6) is 0 Å². The van der Waals surface area contributed by atoms with Crippen LogP contribution in [-0.2, 0) is 4.84 Å². The van der Waals surface area contributed by atoms with Gasteiger partial charge < -0.3 is 15.2 Å². The number of rotatable bonds is 3. The molecule has 0 amide bonds. The lowest BCUT2D eigenvalue weighted by Gasteiger charge is -1.96. The second-order valence-corrected chi connectivity index (χ2v) is 1.56. The van der Waals surface area contributed by atoms with Gasteiger partial charge in [-0.05, 0) is 6.92 Å². The minimum absolute atomic E-state index is 0.0989. The van der Waals surface area contributed by atoms with Crippen LogP contribution in [0.2, 0.25) is 0 Å². The molecule has 58 valence electrons. The largest absolute Gasteiger partial charge is 0.411 e. The summed E-state index contributed by atoms with van der Waals surface area (Å²) in [5, 5.41) is 22.9. The molecular weight excluding hydrogens is 136 g/mol. The van der Waals surface area contributed by atoms with Gasteiger partial charge in [0, 0.05) is 0 Å². The Labute approximate surface area is 58.6 Å². The molecule has 0 rings (SSSR count). The van der Waals surface area contributed by atoms with Gasteiger partial charge in [-0.1, -0.05) is 10.3 Å². The van der Waals surface area contributed by atoms with E-state index >= 15 is 0 Å². The monoisotopic (exact) mass is 146 g/mol. The van der Waals surface area contributed by atoms with Gasteiger partial charge in [-0.25, -0.2) is 0 Å². The summed E-state index contributed by atoms with van der Waals surface area (Å²) >= 11 is 0. The number of oxime groups is 2. The highest BCUT2D eigenvalue weighted by atomic mass is 16.6. The molecule has 0 aliphatic carbocycles. The highest BCUT2D eigenvalue weighted by molar-refractivity contribution is 6.41. The van der Waals surface area contributed by atoms with Crippen LogP contribution in [-0.4, -0.2) is 35.5 Å². The molecular formula is C5H10N2O3. The second-order valence-electron chi connectivity index (χ2n) is 1.56. The lowest BCUT2D eigenvalue weighted by molar-refractivity contribution is 0.213. The fraction of sp³-hybridized carbons (Fsp3) is 0.600. The summed E-state index contributed by atoms with van der Waals surface area (Å²) in [7, 11) is 1.37. The predicted molar refractivity (Wildman–Crippen MR) is 36.4 cm³/mol. The Hall–Kier alpha value is -1.10. The molecule has 0 unspecified atom stereocenters. The van der Waals surface area contributed by atoms with Gasteiger partial charge in [0.25, 0.3) is 0 Å². The molecule has 0 saturated heterocycles. The van der Waals surface area contributed by atoms with Crippen LogP contribution < -0.4 is 0 Å². The summed E-state index contributed by atoms with van der Waals surface area (Å²) in [4.78, 5) is 4.37. The Morgan fingerprint density at radius 1 is 1.60 bits per heavy atom. The van der Waals surface area contributed by atoms with Crippen molar-refractivity contribution < 1.29 is 15.2 Å². The van der Waals surface area contributed by atoms with Crippen molar-refractivity contribution in [2.75, 3.05) is 13.7 Å². The molecule has 5 heteroatoms. The predicted octanol–water partition coefficient (Wildman–Crippen LogP) is -0.169. The van der Waals surface area contributed by atoms with Crippen LogP contribution in [0.25, 0.3) is 0 Å². The molecule has 5 nitrogen and oxygen atoms in total. The molecule has 0 aliphatic rings. The molecule has 0 radical (unpaired) electrons. The van der Waals surface area contributed by atoms with E-state index in [1.807, 2.05) is 0 Å². The van der Waals surface area contributed by atoms with Crippen LogP contribution in [0.1, 0.15) is 6.92 Å². The van der Waals surface area contributed by atoms with E-state index in [0.29, 0.717) is 5.71 Å². The van der Waals surface area contributed by atoms with Gasteiger partial charge in [-0.15, -0.1) is 0 Å². The van der Waals surface area contributed by atoms with Gasteiger partial charge in [0.2, 0.25) is 0 Å². The number of aliphatic hydroxyl groups excluding tert-OH is 1. The molecule has 0 heterocycles. The smallest absolute Gasteiger partial charge is 0.129 e. The minimum atomic E-state index is -0.352. The molecule has 0 bridgehead atoms. The molecule has 10 heavy (non-hydrogen) atoms. The maximum Gasteiger partial charge on any atom is 0.129 e. The fourth-order valence-electron chi connectivity index (χ4n) is 0.408. The van der Waals surface area contributed by atoms with Crippen molar-refractivity contribution >= 4 is 11.4 Å². The van der Waals surface area contributed by atoms with Crippen molar-refractivity contribution in [1.82, 2.24) is 0 Å². The Kier molecular flexibility index (Phi) is 4.23. The summed E-state index contributed by atoms with van der Waals surface area (Å²) < 4.78 is 0. The summed E-state index contributed by atoms with van der Waals surface area (Å²) in [6, 6.07) is 0. The van der Waals surface area contributed by atoms with E-state index in [1.54, 1.807) is 6.92 Å². The molecule has 2 N–H and O–H groups in total. The van der Waals surface area contributed by atoms with Gasteiger partial charge in [-0.3, -0.25) is 0 Å². The first-order valence-electron chi connectivity index (χ1n) is 2.66. The van der Waals surface area contributed by atoms with Gasteiger partial charge in [0.1, 0.15) is 18.5 Å². The molecule has 0 fully saturated rings. The first-order chi connectivity index (χ1) is 4.76. The number of nitrogens with zero attached hydrogens (tertiary/aromatic N) is 2.